The van der Waals surface area contributed by atoms with Crippen molar-refractivity contribution in [3.63, 3.8) is 0 Å². The Kier molecular flexibility index (Phi) is 4.77. The first kappa shape index (κ1) is 15.0. The summed E-state index contributed by atoms with van der Waals surface area (Å²) in [6, 6.07) is 5.63. The van der Waals surface area contributed by atoms with Crippen molar-refractivity contribution in [3.8, 4) is 5.75 Å². The Morgan fingerprint density at radius 3 is 2.70 bits per heavy atom. The van der Waals surface area contributed by atoms with Crippen molar-refractivity contribution in [1.82, 2.24) is 10.1 Å². The van der Waals surface area contributed by atoms with Crippen LogP contribution in [-0.4, -0.2) is 10.1 Å². The molecule has 20 heavy (non-hydrogen) atoms. The summed E-state index contributed by atoms with van der Waals surface area (Å²) in [5.74, 6) is 2.12. The first-order chi connectivity index (χ1) is 9.47. The molecular formula is C14H18BrN3O2. The molecule has 0 aliphatic rings. The van der Waals surface area contributed by atoms with Crippen molar-refractivity contribution >= 4 is 15.9 Å². The maximum Gasteiger partial charge on any atom is 0.264 e. The molecule has 0 fully saturated rings. The maximum atomic E-state index is 5.94. The molecule has 2 rings (SSSR count). The Morgan fingerprint density at radius 2 is 2.10 bits per heavy atom. The fraction of sp³-hybridized carbons (Fsp3) is 0.429. The van der Waals surface area contributed by atoms with Crippen LogP contribution < -0.4 is 10.5 Å². The second-order valence-electron chi connectivity index (χ2n) is 4.96. The number of nitrogens with zero attached hydrogens (tertiary/aromatic N) is 2. The van der Waals surface area contributed by atoms with E-state index in [0.29, 0.717) is 11.7 Å². The Morgan fingerprint density at radius 1 is 1.35 bits per heavy atom. The lowest BCUT2D eigenvalue weighted by atomic mass is 10.1. The molecule has 0 radical (unpaired) electrons. The van der Waals surface area contributed by atoms with Gasteiger partial charge in [-0.1, -0.05) is 34.9 Å². The van der Waals surface area contributed by atoms with Gasteiger partial charge in [0.2, 0.25) is 0 Å². The zero-order valence-electron chi connectivity index (χ0n) is 11.8. The highest BCUT2D eigenvalue weighted by Gasteiger charge is 2.13. The zero-order valence-corrected chi connectivity index (χ0v) is 13.3. The number of hydrogen-bond acceptors (Lipinski definition) is 5. The van der Waals surface area contributed by atoms with Crippen molar-refractivity contribution in [2.45, 2.75) is 39.3 Å². The molecule has 0 aliphatic carbocycles. The number of halogens is 1. The van der Waals surface area contributed by atoms with Gasteiger partial charge in [-0.05, 0) is 25.1 Å². The van der Waals surface area contributed by atoms with Crippen LogP contribution >= 0.6 is 15.9 Å². The minimum atomic E-state index is -0.114. The molecule has 5 nitrogen and oxygen atoms in total. The molecule has 0 saturated heterocycles. The number of aromatic nitrogens is 2. The van der Waals surface area contributed by atoms with Crippen molar-refractivity contribution in [3.05, 3.63) is 40.0 Å². The summed E-state index contributed by atoms with van der Waals surface area (Å²) in [6.07, 6.45) is 0. The molecule has 1 aromatic carbocycles. The molecule has 0 spiro atoms. The van der Waals surface area contributed by atoms with Crippen LogP contribution in [0.4, 0.5) is 0 Å². The van der Waals surface area contributed by atoms with Gasteiger partial charge in [-0.15, -0.1) is 0 Å². The topological polar surface area (TPSA) is 74.2 Å². The van der Waals surface area contributed by atoms with Crippen LogP contribution in [0.3, 0.4) is 0 Å². The monoisotopic (exact) mass is 339 g/mol. The SMILES string of the molecule is CC(C)c1noc(COc2ccc(Br)cc2C(C)N)n1. The van der Waals surface area contributed by atoms with Gasteiger partial charge >= 0.3 is 0 Å². The molecule has 6 heteroatoms. The van der Waals surface area contributed by atoms with E-state index in [1.165, 1.54) is 0 Å². The Hall–Kier alpha value is -1.40. The standard InChI is InChI=1S/C14H18BrN3O2/c1-8(2)14-17-13(20-18-14)7-19-12-5-4-10(15)6-11(12)9(3)16/h4-6,8-9H,7,16H2,1-3H3. The van der Waals surface area contributed by atoms with Gasteiger partial charge in [0.1, 0.15) is 5.75 Å². The van der Waals surface area contributed by atoms with Gasteiger partial charge in [0.15, 0.2) is 12.4 Å². The largest absolute Gasteiger partial charge is 0.483 e. The normalized spacial score (nSPS) is 12.7. The highest BCUT2D eigenvalue weighted by atomic mass is 79.9. The van der Waals surface area contributed by atoms with Crippen LogP contribution in [0.1, 0.15) is 50.0 Å². The van der Waals surface area contributed by atoms with Crippen LogP contribution in [0.25, 0.3) is 0 Å². The number of benzene rings is 1. The number of rotatable bonds is 5. The van der Waals surface area contributed by atoms with Crippen LogP contribution in [0.5, 0.6) is 5.75 Å². The van der Waals surface area contributed by atoms with Gasteiger partial charge in [0.05, 0.1) is 0 Å². The number of nitrogens with two attached hydrogens (primary N) is 1. The first-order valence-corrected chi connectivity index (χ1v) is 7.27. The lowest BCUT2D eigenvalue weighted by Gasteiger charge is -2.13. The smallest absolute Gasteiger partial charge is 0.264 e. The lowest BCUT2D eigenvalue weighted by Crippen LogP contribution is -2.08. The van der Waals surface area contributed by atoms with E-state index < -0.39 is 0 Å². The van der Waals surface area contributed by atoms with E-state index in [4.69, 9.17) is 15.0 Å². The molecule has 0 amide bonds. The average Bonchev–Trinajstić information content (AvgIpc) is 2.86. The number of hydrogen-bond donors (Lipinski definition) is 1. The highest BCUT2D eigenvalue weighted by Crippen LogP contribution is 2.28. The third-order valence-electron chi connectivity index (χ3n) is 2.81. The summed E-state index contributed by atoms with van der Waals surface area (Å²) < 4.78 is 11.9. The molecule has 2 aromatic rings. The predicted octanol–water partition coefficient (Wildman–Crippen LogP) is 3.55. The predicted molar refractivity (Wildman–Crippen MR) is 79.5 cm³/mol. The lowest BCUT2D eigenvalue weighted by molar-refractivity contribution is 0.240. The molecule has 1 atom stereocenters. The van der Waals surface area contributed by atoms with E-state index in [1.807, 2.05) is 39.0 Å². The third-order valence-corrected chi connectivity index (χ3v) is 3.31. The molecule has 1 heterocycles. The minimum absolute atomic E-state index is 0.114. The third kappa shape index (κ3) is 3.58. The molecule has 2 N–H and O–H groups in total. The fourth-order valence-electron chi connectivity index (χ4n) is 1.71. The molecule has 0 saturated carbocycles. The van der Waals surface area contributed by atoms with Crippen molar-refractivity contribution < 1.29 is 9.26 Å². The van der Waals surface area contributed by atoms with Gasteiger partial charge in [-0.25, -0.2) is 0 Å². The van der Waals surface area contributed by atoms with Gasteiger partial charge in [0, 0.05) is 22.0 Å². The maximum absolute atomic E-state index is 5.94. The summed E-state index contributed by atoms with van der Waals surface area (Å²) in [5.41, 5.74) is 6.88. The van der Waals surface area contributed by atoms with Gasteiger partial charge in [0.25, 0.3) is 5.89 Å². The fourth-order valence-corrected chi connectivity index (χ4v) is 2.09. The molecule has 0 bridgehead atoms. The van der Waals surface area contributed by atoms with E-state index in [-0.39, 0.29) is 18.6 Å². The van der Waals surface area contributed by atoms with Crippen LogP contribution in [-0.2, 0) is 6.61 Å². The molecule has 1 aromatic heterocycles. The molecular weight excluding hydrogens is 322 g/mol. The zero-order chi connectivity index (χ0) is 14.7. The van der Waals surface area contributed by atoms with Gasteiger partial charge < -0.3 is 15.0 Å². The van der Waals surface area contributed by atoms with Crippen molar-refractivity contribution in [1.29, 1.82) is 0 Å². The number of ether oxygens (including phenoxy) is 1. The second kappa shape index (κ2) is 6.37. The van der Waals surface area contributed by atoms with E-state index in [0.717, 1.165) is 15.8 Å². The highest BCUT2D eigenvalue weighted by molar-refractivity contribution is 9.10. The summed E-state index contributed by atoms with van der Waals surface area (Å²) in [4.78, 5) is 4.27. The van der Waals surface area contributed by atoms with Gasteiger partial charge in [-0.3, -0.25) is 0 Å². The van der Waals surface area contributed by atoms with Gasteiger partial charge in [-0.2, -0.15) is 4.98 Å². The average molecular weight is 340 g/mol. The van der Waals surface area contributed by atoms with E-state index in [1.54, 1.807) is 0 Å². The molecule has 108 valence electrons. The Labute approximate surface area is 126 Å². The van der Waals surface area contributed by atoms with Crippen LogP contribution in [0.15, 0.2) is 27.2 Å². The van der Waals surface area contributed by atoms with Crippen LogP contribution in [0.2, 0.25) is 0 Å². The Bertz CT molecular complexity index is 582. The first-order valence-electron chi connectivity index (χ1n) is 6.47. The van der Waals surface area contributed by atoms with E-state index in [2.05, 4.69) is 26.1 Å². The van der Waals surface area contributed by atoms with Crippen molar-refractivity contribution in [2.75, 3.05) is 0 Å². The summed E-state index contributed by atoms with van der Waals surface area (Å²) >= 11 is 3.43. The molecule has 1 unspecified atom stereocenters. The van der Waals surface area contributed by atoms with E-state index in [9.17, 15) is 0 Å². The minimum Gasteiger partial charge on any atom is -0.483 e. The quantitative estimate of drug-likeness (QED) is 0.901. The summed E-state index contributed by atoms with van der Waals surface area (Å²) in [7, 11) is 0. The summed E-state index contributed by atoms with van der Waals surface area (Å²) in [6.45, 7) is 6.18. The molecule has 0 aliphatic heterocycles. The van der Waals surface area contributed by atoms with E-state index >= 15 is 0 Å². The van der Waals surface area contributed by atoms with Crippen molar-refractivity contribution in [2.24, 2.45) is 5.73 Å². The second-order valence-corrected chi connectivity index (χ2v) is 5.88. The van der Waals surface area contributed by atoms with Crippen LogP contribution in [0, 0.1) is 0 Å². The Balaban J connectivity index is 2.10. The summed E-state index contributed by atoms with van der Waals surface area (Å²) in [5, 5.41) is 3.90.